The lowest BCUT2D eigenvalue weighted by Crippen LogP contribution is -2.15. The minimum Gasteiger partial charge on any atom is -0.311 e. The van der Waals surface area contributed by atoms with E-state index in [-0.39, 0.29) is 0 Å². The summed E-state index contributed by atoms with van der Waals surface area (Å²) < 4.78 is 0. The van der Waals surface area contributed by atoms with Gasteiger partial charge < -0.3 is 5.32 Å². The molecule has 0 aliphatic heterocycles. The van der Waals surface area contributed by atoms with Gasteiger partial charge in [0.15, 0.2) is 0 Å². The topological polar surface area (TPSA) is 12.0 Å². The summed E-state index contributed by atoms with van der Waals surface area (Å²) in [7, 11) is 0. The molecule has 0 bridgehead atoms. The average Bonchev–Trinajstić information content (AvgIpc) is 2.81. The van der Waals surface area contributed by atoms with Gasteiger partial charge in [0.25, 0.3) is 0 Å². The van der Waals surface area contributed by atoms with Crippen LogP contribution >= 0.6 is 34.7 Å². The molecule has 1 N–H and O–H groups in total. The van der Waals surface area contributed by atoms with Gasteiger partial charge in [0.2, 0.25) is 0 Å². The van der Waals surface area contributed by atoms with Gasteiger partial charge in [0.1, 0.15) is 0 Å². The lowest BCUT2D eigenvalue weighted by atomic mass is 10.2. The van der Waals surface area contributed by atoms with Crippen LogP contribution in [0.3, 0.4) is 0 Å². The largest absolute Gasteiger partial charge is 0.311 e. The molecule has 2 rings (SSSR count). The zero-order valence-electron chi connectivity index (χ0n) is 11.0. The predicted octanol–water partition coefficient (Wildman–Crippen LogP) is 4.73. The smallest absolute Gasteiger partial charge is 0.0446 e. The summed E-state index contributed by atoms with van der Waals surface area (Å²) in [6.07, 6.45) is 0. The predicted molar refractivity (Wildman–Crippen MR) is 88.4 cm³/mol. The van der Waals surface area contributed by atoms with Crippen molar-refractivity contribution in [3.8, 4) is 0 Å². The first kappa shape index (κ1) is 14.9. The van der Waals surface area contributed by atoms with Gasteiger partial charge in [0, 0.05) is 39.4 Å². The zero-order chi connectivity index (χ0) is 13.5. The van der Waals surface area contributed by atoms with Gasteiger partial charge in [-0.1, -0.05) is 29.8 Å². The van der Waals surface area contributed by atoms with Crippen molar-refractivity contribution in [2.45, 2.75) is 19.2 Å². The molecule has 1 nitrogen and oxygen atoms in total. The van der Waals surface area contributed by atoms with Crippen LogP contribution in [0.2, 0.25) is 5.02 Å². The van der Waals surface area contributed by atoms with Crippen LogP contribution in [0.15, 0.2) is 36.4 Å². The Balaban J connectivity index is 1.59. The summed E-state index contributed by atoms with van der Waals surface area (Å²) in [6, 6.07) is 12.4. The van der Waals surface area contributed by atoms with Gasteiger partial charge in [-0.3, -0.25) is 0 Å². The maximum absolute atomic E-state index is 6.12. The normalized spacial score (nSPS) is 10.8. The number of benzene rings is 1. The number of thiophene rings is 1. The Morgan fingerprint density at radius 3 is 2.79 bits per heavy atom. The Morgan fingerprint density at radius 2 is 2.05 bits per heavy atom. The Kier molecular flexibility index (Phi) is 6.24. The molecule has 0 amide bonds. The molecular formula is C15H18ClNS2. The molecule has 19 heavy (non-hydrogen) atoms. The summed E-state index contributed by atoms with van der Waals surface area (Å²) >= 11 is 9.90. The van der Waals surface area contributed by atoms with E-state index in [9.17, 15) is 0 Å². The summed E-state index contributed by atoms with van der Waals surface area (Å²) in [6.45, 7) is 4.16. The molecule has 0 aliphatic carbocycles. The van der Waals surface area contributed by atoms with Crippen molar-refractivity contribution in [2.75, 3.05) is 12.3 Å². The summed E-state index contributed by atoms with van der Waals surface area (Å²) in [5.74, 6) is 2.09. The maximum Gasteiger partial charge on any atom is 0.0446 e. The maximum atomic E-state index is 6.12. The Labute approximate surface area is 128 Å². The van der Waals surface area contributed by atoms with E-state index in [0.717, 1.165) is 29.6 Å². The number of halogens is 1. The van der Waals surface area contributed by atoms with Crippen molar-refractivity contribution in [1.29, 1.82) is 0 Å². The second-order valence-corrected chi connectivity index (χ2v) is 7.22. The molecule has 0 radical (unpaired) electrons. The van der Waals surface area contributed by atoms with Crippen molar-refractivity contribution in [2.24, 2.45) is 0 Å². The molecule has 1 aromatic carbocycles. The molecule has 0 unspecified atom stereocenters. The SMILES string of the molecule is Cc1ccc(CNCCSCc2ccccc2Cl)s1. The lowest BCUT2D eigenvalue weighted by Gasteiger charge is -2.05. The fourth-order valence-electron chi connectivity index (χ4n) is 1.73. The minimum absolute atomic E-state index is 0.872. The van der Waals surface area contributed by atoms with Crippen molar-refractivity contribution < 1.29 is 0 Å². The second kappa shape index (κ2) is 7.95. The van der Waals surface area contributed by atoms with Crippen molar-refractivity contribution in [1.82, 2.24) is 5.32 Å². The Morgan fingerprint density at radius 1 is 1.21 bits per heavy atom. The highest BCUT2D eigenvalue weighted by molar-refractivity contribution is 7.98. The van der Waals surface area contributed by atoms with Gasteiger partial charge in [-0.25, -0.2) is 0 Å². The van der Waals surface area contributed by atoms with Crippen LogP contribution in [-0.2, 0) is 12.3 Å². The summed E-state index contributed by atoms with van der Waals surface area (Å²) in [4.78, 5) is 2.79. The van der Waals surface area contributed by atoms with E-state index in [1.165, 1.54) is 15.3 Å². The molecule has 102 valence electrons. The molecule has 4 heteroatoms. The highest BCUT2D eigenvalue weighted by Crippen LogP contribution is 2.20. The third-order valence-electron chi connectivity index (χ3n) is 2.73. The molecule has 1 aromatic heterocycles. The van der Waals surface area contributed by atoms with E-state index < -0.39 is 0 Å². The fraction of sp³-hybridized carbons (Fsp3) is 0.333. The molecule has 0 aliphatic rings. The number of rotatable bonds is 7. The highest BCUT2D eigenvalue weighted by atomic mass is 35.5. The molecule has 0 saturated carbocycles. The van der Waals surface area contributed by atoms with Crippen molar-refractivity contribution >= 4 is 34.7 Å². The van der Waals surface area contributed by atoms with Crippen LogP contribution in [0.25, 0.3) is 0 Å². The number of aryl methyl sites for hydroxylation is 1. The van der Waals surface area contributed by atoms with Crippen LogP contribution in [0.5, 0.6) is 0 Å². The summed E-state index contributed by atoms with van der Waals surface area (Å²) in [5, 5.41) is 4.34. The number of nitrogens with one attached hydrogen (secondary N) is 1. The zero-order valence-corrected chi connectivity index (χ0v) is 13.4. The van der Waals surface area contributed by atoms with Gasteiger partial charge >= 0.3 is 0 Å². The van der Waals surface area contributed by atoms with Crippen LogP contribution in [0.1, 0.15) is 15.3 Å². The first-order valence-corrected chi connectivity index (χ1v) is 8.68. The van der Waals surface area contributed by atoms with E-state index in [4.69, 9.17) is 11.6 Å². The number of hydrogen-bond donors (Lipinski definition) is 1. The number of thioether (sulfide) groups is 1. The molecule has 2 aromatic rings. The van der Waals surface area contributed by atoms with Crippen LogP contribution < -0.4 is 5.32 Å². The molecule has 0 fully saturated rings. The van der Waals surface area contributed by atoms with E-state index in [1.54, 1.807) is 0 Å². The van der Waals surface area contributed by atoms with Gasteiger partial charge in [0.05, 0.1) is 0 Å². The first-order chi connectivity index (χ1) is 9.25. The third kappa shape index (κ3) is 5.19. The molecule has 0 saturated heterocycles. The average molecular weight is 312 g/mol. The van der Waals surface area contributed by atoms with Crippen molar-refractivity contribution in [3.63, 3.8) is 0 Å². The highest BCUT2D eigenvalue weighted by Gasteiger charge is 1.99. The Bertz CT molecular complexity index is 510. The van der Waals surface area contributed by atoms with E-state index in [2.05, 4.69) is 30.4 Å². The van der Waals surface area contributed by atoms with E-state index in [0.29, 0.717) is 0 Å². The molecule has 0 atom stereocenters. The quantitative estimate of drug-likeness (QED) is 0.742. The van der Waals surface area contributed by atoms with Gasteiger partial charge in [-0.2, -0.15) is 11.8 Å². The van der Waals surface area contributed by atoms with Crippen LogP contribution in [-0.4, -0.2) is 12.3 Å². The first-order valence-electron chi connectivity index (χ1n) is 6.33. The second-order valence-electron chi connectivity index (χ2n) is 4.33. The Hall–Kier alpha value is -0.480. The van der Waals surface area contributed by atoms with E-state index in [1.807, 2.05) is 41.3 Å². The van der Waals surface area contributed by atoms with Gasteiger partial charge in [-0.05, 0) is 30.7 Å². The third-order valence-corrected chi connectivity index (χ3v) is 5.11. The minimum atomic E-state index is 0.872. The van der Waals surface area contributed by atoms with Crippen LogP contribution in [0.4, 0.5) is 0 Å². The standard InChI is InChI=1S/C15H18ClNS2/c1-12-6-7-14(19-12)10-17-8-9-18-11-13-4-2-3-5-15(13)16/h2-7,17H,8-11H2,1H3. The molecule has 1 heterocycles. The van der Waals surface area contributed by atoms with Crippen LogP contribution in [0, 0.1) is 6.92 Å². The number of hydrogen-bond acceptors (Lipinski definition) is 3. The lowest BCUT2D eigenvalue weighted by molar-refractivity contribution is 0.741. The van der Waals surface area contributed by atoms with Crippen molar-refractivity contribution in [3.05, 3.63) is 56.7 Å². The summed E-state index contributed by atoms with van der Waals surface area (Å²) in [5.41, 5.74) is 1.23. The monoisotopic (exact) mass is 311 g/mol. The molecular weight excluding hydrogens is 294 g/mol. The fourth-order valence-corrected chi connectivity index (χ4v) is 3.78. The van der Waals surface area contributed by atoms with Gasteiger partial charge in [-0.15, -0.1) is 11.3 Å². The van der Waals surface area contributed by atoms with E-state index >= 15 is 0 Å². The molecule has 0 spiro atoms.